The maximum Gasteiger partial charge on any atom is 0.165 e. The number of hydrogen-bond donors (Lipinski definition) is 1. The van der Waals surface area contributed by atoms with Crippen molar-refractivity contribution in [2.24, 2.45) is 7.05 Å². The Morgan fingerprint density at radius 3 is 3.00 bits per heavy atom. The van der Waals surface area contributed by atoms with Gasteiger partial charge in [-0.05, 0) is 12.5 Å². The molecule has 2 aromatic heterocycles. The maximum atomic E-state index is 5.66. The molecule has 2 heterocycles. The van der Waals surface area contributed by atoms with Crippen LogP contribution in [0.2, 0.25) is 0 Å². The third kappa shape index (κ3) is 3.21. The molecule has 0 saturated heterocycles. The zero-order valence-electron chi connectivity index (χ0n) is 10.1. The summed E-state index contributed by atoms with van der Waals surface area (Å²) in [6.07, 6.45) is 6.29. The lowest BCUT2D eigenvalue weighted by Crippen LogP contribution is -2.01. The molecule has 0 aliphatic heterocycles. The predicted octanol–water partition coefficient (Wildman–Crippen LogP) is 2.43. The molecule has 0 aromatic carbocycles. The molecule has 90 valence electrons. The molecule has 0 saturated carbocycles. The summed E-state index contributed by atoms with van der Waals surface area (Å²) in [5.41, 5.74) is 0. The van der Waals surface area contributed by atoms with Crippen LogP contribution < -0.4 is 10.1 Å². The van der Waals surface area contributed by atoms with Gasteiger partial charge in [-0.25, -0.2) is 4.98 Å². The lowest BCUT2D eigenvalue weighted by atomic mass is 10.4. The van der Waals surface area contributed by atoms with Crippen molar-refractivity contribution in [3.63, 3.8) is 0 Å². The first-order chi connectivity index (χ1) is 8.28. The van der Waals surface area contributed by atoms with Gasteiger partial charge in [-0.15, -0.1) is 0 Å². The second kappa shape index (κ2) is 5.34. The highest BCUT2D eigenvalue weighted by atomic mass is 16.5. The van der Waals surface area contributed by atoms with Gasteiger partial charge in [0.25, 0.3) is 0 Å². The topological polar surface area (TPSA) is 52.0 Å². The molecule has 0 bridgehead atoms. The molecule has 0 unspecified atom stereocenters. The molecule has 0 aliphatic rings. The lowest BCUT2D eigenvalue weighted by Gasteiger charge is -2.06. The van der Waals surface area contributed by atoms with Crippen LogP contribution in [0.4, 0.5) is 5.82 Å². The number of ether oxygens (including phenoxy) is 1. The fourth-order valence-corrected chi connectivity index (χ4v) is 1.41. The highest BCUT2D eigenvalue weighted by Crippen LogP contribution is 2.21. The van der Waals surface area contributed by atoms with Gasteiger partial charge >= 0.3 is 0 Å². The van der Waals surface area contributed by atoms with Gasteiger partial charge in [0.15, 0.2) is 5.75 Å². The number of anilines is 1. The molecule has 2 aromatic rings. The van der Waals surface area contributed by atoms with E-state index < -0.39 is 0 Å². The number of aromatic nitrogens is 3. The fourth-order valence-electron chi connectivity index (χ4n) is 1.41. The van der Waals surface area contributed by atoms with E-state index >= 15 is 0 Å². The van der Waals surface area contributed by atoms with Crippen LogP contribution in [0, 0.1) is 0 Å². The average Bonchev–Trinajstić information content (AvgIpc) is 2.73. The molecule has 0 radical (unpaired) electrons. The van der Waals surface area contributed by atoms with Crippen LogP contribution in [0.3, 0.4) is 0 Å². The van der Waals surface area contributed by atoms with Crippen molar-refractivity contribution in [2.75, 3.05) is 11.9 Å². The van der Waals surface area contributed by atoms with E-state index in [0.717, 1.165) is 30.3 Å². The van der Waals surface area contributed by atoms with Crippen LogP contribution in [0.25, 0.3) is 0 Å². The molecule has 1 N–H and O–H groups in total. The Balaban J connectivity index is 2.05. The Morgan fingerprint density at radius 2 is 2.29 bits per heavy atom. The van der Waals surface area contributed by atoms with Crippen LogP contribution in [-0.4, -0.2) is 21.3 Å². The molecule has 0 spiro atoms. The Labute approximate surface area is 100 Å². The highest BCUT2D eigenvalue weighted by Gasteiger charge is 2.01. The predicted molar refractivity (Wildman–Crippen MR) is 66.3 cm³/mol. The number of hydrogen-bond acceptors (Lipinski definition) is 4. The summed E-state index contributed by atoms with van der Waals surface area (Å²) >= 11 is 0. The van der Waals surface area contributed by atoms with Crippen LogP contribution in [0.5, 0.6) is 11.5 Å². The first kappa shape index (κ1) is 11.4. The van der Waals surface area contributed by atoms with Crippen molar-refractivity contribution >= 4 is 5.82 Å². The van der Waals surface area contributed by atoms with Crippen LogP contribution >= 0.6 is 0 Å². The van der Waals surface area contributed by atoms with E-state index in [4.69, 9.17) is 4.74 Å². The SMILES string of the molecule is CCCNc1cc(Oc2cnn(C)c2)ccn1. The third-order valence-corrected chi connectivity index (χ3v) is 2.20. The van der Waals surface area contributed by atoms with Gasteiger partial charge in [-0.3, -0.25) is 4.68 Å². The normalized spacial score (nSPS) is 10.2. The lowest BCUT2D eigenvalue weighted by molar-refractivity contribution is 0.481. The van der Waals surface area contributed by atoms with Gasteiger partial charge < -0.3 is 10.1 Å². The molecule has 0 fully saturated rings. The van der Waals surface area contributed by atoms with Crippen molar-refractivity contribution in [1.82, 2.24) is 14.8 Å². The van der Waals surface area contributed by atoms with Crippen molar-refractivity contribution < 1.29 is 4.74 Å². The van der Waals surface area contributed by atoms with E-state index in [0.29, 0.717) is 0 Å². The standard InChI is InChI=1S/C12H16N4O/c1-3-5-13-12-7-10(4-6-14-12)17-11-8-15-16(2)9-11/h4,6-9H,3,5H2,1-2H3,(H,13,14). The summed E-state index contributed by atoms with van der Waals surface area (Å²) in [5, 5.41) is 7.26. The zero-order chi connectivity index (χ0) is 12.1. The summed E-state index contributed by atoms with van der Waals surface area (Å²) in [4.78, 5) is 4.21. The minimum absolute atomic E-state index is 0.722. The number of aryl methyl sites for hydroxylation is 1. The van der Waals surface area contributed by atoms with E-state index in [-0.39, 0.29) is 0 Å². The zero-order valence-corrected chi connectivity index (χ0v) is 10.1. The molecule has 2 rings (SSSR count). The minimum Gasteiger partial charge on any atom is -0.454 e. The van der Waals surface area contributed by atoms with Crippen molar-refractivity contribution in [3.05, 3.63) is 30.7 Å². The molecular weight excluding hydrogens is 216 g/mol. The molecular formula is C12H16N4O. The van der Waals surface area contributed by atoms with Crippen LogP contribution in [0.15, 0.2) is 30.7 Å². The van der Waals surface area contributed by atoms with Crippen LogP contribution in [0.1, 0.15) is 13.3 Å². The first-order valence-corrected chi connectivity index (χ1v) is 5.64. The fraction of sp³-hybridized carbons (Fsp3) is 0.333. The van der Waals surface area contributed by atoms with E-state index in [1.54, 1.807) is 17.1 Å². The summed E-state index contributed by atoms with van der Waals surface area (Å²) in [7, 11) is 1.85. The summed E-state index contributed by atoms with van der Waals surface area (Å²) in [5.74, 6) is 2.31. The van der Waals surface area contributed by atoms with Gasteiger partial charge in [0.2, 0.25) is 0 Å². The largest absolute Gasteiger partial charge is 0.454 e. The number of rotatable bonds is 5. The van der Waals surface area contributed by atoms with E-state index in [1.807, 2.05) is 25.4 Å². The van der Waals surface area contributed by atoms with Gasteiger partial charge in [0.1, 0.15) is 11.6 Å². The number of pyridine rings is 1. The highest BCUT2D eigenvalue weighted by molar-refractivity contribution is 5.41. The Hall–Kier alpha value is -2.04. The average molecular weight is 232 g/mol. The maximum absolute atomic E-state index is 5.66. The molecule has 5 heteroatoms. The number of nitrogens with one attached hydrogen (secondary N) is 1. The van der Waals surface area contributed by atoms with Crippen molar-refractivity contribution in [1.29, 1.82) is 0 Å². The van der Waals surface area contributed by atoms with Crippen LogP contribution in [-0.2, 0) is 7.05 Å². The van der Waals surface area contributed by atoms with Crippen molar-refractivity contribution in [2.45, 2.75) is 13.3 Å². The quantitative estimate of drug-likeness (QED) is 0.860. The monoisotopic (exact) mass is 232 g/mol. The summed E-state index contributed by atoms with van der Waals surface area (Å²) in [6, 6.07) is 3.70. The third-order valence-electron chi connectivity index (χ3n) is 2.20. The molecule has 0 atom stereocenters. The smallest absolute Gasteiger partial charge is 0.165 e. The summed E-state index contributed by atoms with van der Waals surface area (Å²) in [6.45, 7) is 3.02. The second-order valence-corrected chi connectivity index (χ2v) is 3.76. The van der Waals surface area contributed by atoms with E-state index in [2.05, 4.69) is 22.3 Å². The second-order valence-electron chi connectivity index (χ2n) is 3.76. The molecule has 0 aliphatic carbocycles. The Morgan fingerprint density at radius 1 is 1.41 bits per heavy atom. The van der Waals surface area contributed by atoms with Gasteiger partial charge in [-0.1, -0.05) is 6.92 Å². The van der Waals surface area contributed by atoms with E-state index in [9.17, 15) is 0 Å². The Kier molecular flexibility index (Phi) is 3.59. The first-order valence-electron chi connectivity index (χ1n) is 5.64. The molecule has 0 amide bonds. The molecule has 17 heavy (non-hydrogen) atoms. The van der Waals surface area contributed by atoms with Gasteiger partial charge in [-0.2, -0.15) is 5.10 Å². The van der Waals surface area contributed by atoms with Gasteiger partial charge in [0.05, 0.1) is 12.4 Å². The molecule has 5 nitrogen and oxygen atoms in total. The van der Waals surface area contributed by atoms with Gasteiger partial charge in [0, 0.05) is 25.9 Å². The number of nitrogens with zero attached hydrogens (tertiary/aromatic N) is 3. The van der Waals surface area contributed by atoms with E-state index in [1.165, 1.54) is 0 Å². The minimum atomic E-state index is 0.722. The Bertz CT molecular complexity index is 481. The van der Waals surface area contributed by atoms with Crippen molar-refractivity contribution in [3.8, 4) is 11.5 Å². The summed E-state index contributed by atoms with van der Waals surface area (Å²) < 4.78 is 7.36.